The molecule has 6 rings (SSSR count). The number of hydrogen-bond donors (Lipinski definition) is 1. The van der Waals surface area contributed by atoms with Crippen molar-refractivity contribution in [1.82, 2.24) is 29.6 Å². The van der Waals surface area contributed by atoms with E-state index in [2.05, 4.69) is 29.9 Å². The molecule has 150 valence electrons. The van der Waals surface area contributed by atoms with Crippen LogP contribution < -0.4 is 4.90 Å². The van der Waals surface area contributed by atoms with Gasteiger partial charge in [-0.05, 0) is 31.7 Å². The lowest BCUT2D eigenvalue weighted by molar-refractivity contribution is -0.135. The van der Waals surface area contributed by atoms with Crippen LogP contribution in [0.3, 0.4) is 0 Å². The van der Waals surface area contributed by atoms with Crippen molar-refractivity contribution >= 4 is 22.8 Å². The maximum atomic E-state index is 14.1. The molecule has 1 amide bonds. The molecule has 9 heteroatoms. The molecule has 0 radical (unpaired) electrons. The zero-order valence-electron chi connectivity index (χ0n) is 16.2. The lowest BCUT2D eigenvalue weighted by Gasteiger charge is -2.42. The van der Waals surface area contributed by atoms with Gasteiger partial charge in [0, 0.05) is 50.5 Å². The van der Waals surface area contributed by atoms with Crippen LogP contribution in [0.5, 0.6) is 0 Å². The number of aromatic nitrogens is 5. The molecular weight excluding hydrogens is 373 g/mol. The zero-order chi connectivity index (χ0) is 19.7. The molecule has 1 saturated carbocycles. The van der Waals surface area contributed by atoms with Crippen molar-refractivity contribution in [2.75, 3.05) is 18.0 Å². The molecule has 3 aromatic rings. The molecule has 2 saturated heterocycles. The number of aryl methyl sites for hydroxylation is 1. The number of pyridine rings is 1. The highest BCUT2D eigenvalue weighted by molar-refractivity contribution is 5.89. The Hall–Kier alpha value is -2.97. The molecule has 2 unspecified atom stereocenters. The number of imidazole rings is 1. The summed E-state index contributed by atoms with van der Waals surface area (Å²) < 4.78 is 15.5. The highest BCUT2D eigenvalue weighted by atomic mass is 19.1. The van der Waals surface area contributed by atoms with Gasteiger partial charge in [-0.3, -0.25) is 9.48 Å². The summed E-state index contributed by atoms with van der Waals surface area (Å²) in [6.07, 6.45) is 7.56. The Bertz CT molecular complexity index is 1100. The van der Waals surface area contributed by atoms with Crippen LogP contribution in [0.1, 0.15) is 25.7 Å². The highest BCUT2D eigenvalue weighted by Crippen LogP contribution is 2.39. The predicted octanol–water partition coefficient (Wildman–Crippen LogP) is 2.09. The molecule has 29 heavy (non-hydrogen) atoms. The number of amides is 1. The molecule has 3 fully saturated rings. The van der Waals surface area contributed by atoms with E-state index in [4.69, 9.17) is 0 Å². The van der Waals surface area contributed by atoms with Crippen LogP contribution in [0.25, 0.3) is 22.6 Å². The average molecular weight is 395 g/mol. The van der Waals surface area contributed by atoms with Gasteiger partial charge in [-0.25, -0.2) is 9.97 Å². The van der Waals surface area contributed by atoms with E-state index in [0.29, 0.717) is 22.9 Å². The first-order chi connectivity index (χ1) is 14.1. The third-order valence-corrected chi connectivity index (χ3v) is 6.41. The predicted molar refractivity (Wildman–Crippen MR) is 105 cm³/mol. The molecule has 3 aliphatic rings. The monoisotopic (exact) mass is 395 g/mol. The van der Waals surface area contributed by atoms with Crippen molar-refractivity contribution < 1.29 is 9.18 Å². The first-order valence-electron chi connectivity index (χ1n) is 10.2. The number of nitrogens with one attached hydrogen (secondary N) is 1. The standard InChI is InChI=1S/C20H22FN7O/c1-26-10-14(17(21)25-26)18-23-16-15(6-7-22-19(16)24-18)27-8-12-4-5-13(9-27)28(12)20(29)11-2-3-11/h6-7,10-13H,2-5,8-9H2,1H3,(H,22,23,24). The van der Waals surface area contributed by atoms with E-state index in [1.807, 2.05) is 6.07 Å². The minimum absolute atomic E-state index is 0.263. The van der Waals surface area contributed by atoms with Crippen molar-refractivity contribution in [1.29, 1.82) is 0 Å². The number of halogens is 1. The SMILES string of the molecule is Cn1cc(-c2nc3c(N4CC5CCC(C4)N5C(=O)C4CC4)ccnc3[nH]2)c(F)n1. The number of nitrogens with zero attached hydrogens (tertiary/aromatic N) is 6. The molecule has 2 atom stereocenters. The van der Waals surface area contributed by atoms with Crippen LogP contribution in [0.2, 0.25) is 0 Å². The van der Waals surface area contributed by atoms with Crippen LogP contribution in [0.4, 0.5) is 10.1 Å². The number of anilines is 1. The van der Waals surface area contributed by atoms with Crippen molar-refractivity contribution in [3.05, 3.63) is 24.4 Å². The van der Waals surface area contributed by atoms with Gasteiger partial charge in [0.05, 0.1) is 11.3 Å². The lowest BCUT2D eigenvalue weighted by Crippen LogP contribution is -2.56. The number of fused-ring (bicyclic) bond motifs is 3. The van der Waals surface area contributed by atoms with Gasteiger partial charge in [0.1, 0.15) is 11.3 Å². The van der Waals surface area contributed by atoms with E-state index < -0.39 is 5.95 Å². The highest BCUT2D eigenvalue weighted by Gasteiger charge is 2.46. The summed E-state index contributed by atoms with van der Waals surface area (Å²) in [5.41, 5.74) is 2.67. The summed E-state index contributed by atoms with van der Waals surface area (Å²) >= 11 is 0. The maximum Gasteiger partial charge on any atom is 0.243 e. The molecule has 0 aromatic carbocycles. The summed E-state index contributed by atoms with van der Waals surface area (Å²) in [4.78, 5) is 29.4. The fourth-order valence-corrected chi connectivity index (χ4v) is 4.90. The number of rotatable bonds is 3. The van der Waals surface area contributed by atoms with Crippen LogP contribution in [0.15, 0.2) is 18.5 Å². The summed E-state index contributed by atoms with van der Waals surface area (Å²) in [6.45, 7) is 1.61. The second-order valence-corrected chi connectivity index (χ2v) is 8.43. The quantitative estimate of drug-likeness (QED) is 0.734. The molecule has 8 nitrogen and oxygen atoms in total. The fourth-order valence-electron chi connectivity index (χ4n) is 4.90. The first kappa shape index (κ1) is 16.9. The van der Waals surface area contributed by atoms with Gasteiger partial charge in [0.15, 0.2) is 5.65 Å². The van der Waals surface area contributed by atoms with Crippen molar-refractivity contribution in [2.24, 2.45) is 13.0 Å². The lowest BCUT2D eigenvalue weighted by atomic mass is 10.1. The Labute approximate surface area is 166 Å². The zero-order valence-corrected chi connectivity index (χ0v) is 16.2. The fraction of sp³-hybridized carbons (Fsp3) is 0.500. The Kier molecular flexibility index (Phi) is 3.51. The van der Waals surface area contributed by atoms with Gasteiger partial charge in [0.2, 0.25) is 11.9 Å². The minimum atomic E-state index is -0.557. The van der Waals surface area contributed by atoms with Crippen LogP contribution in [0, 0.1) is 11.9 Å². The summed E-state index contributed by atoms with van der Waals surface area (Å²) in [5.74, 6) is 0.487. The molecular formula is C20H22FN7O. The smallest absolute Gasteiger partial charge is 0.243 e. The van der Waals surface area contributed by atoms with E-state index in [9.17, 15) is 9.18 Å². The van der Waals surface area contributed by atoms with Gasteiger partial charge < -0.3 is 14.8 Å². The average Bonchev–Trinajstić information content (AvgIpc) is 3.30. The van der Waals surface area contributed by atoms with E-state index in [-0.39, 0.29) is 18.0 Å². The third kappa shape index (κ3) is 2.63. The van der Waals surface area contributed by atoms with Crippen molar-refractivity contribution in [2.45, 2.75) is 37.8 Å². The van der Waals surface area contributed by atoms with Gasteiger partial charge in [-0.1, -0.05) is 0 Å². The minimum Gasteiger partial charge on any atom is -0.365 e. The molecule has 2 bridgehead atoms. The van der Waals surface area contributed by atoms with Crippen LogP contribution >= 0.6 is 0 Å². The normalized spacial score (nSPS) is 23.9. The molecule has 2 aliphatic heterocycles. The number of carbonyl (C=O) groups is 1. The topological polar surface area (TPSA) is 82.9 Å². The second-order valence-electron chi connectivity index (χ2n) is 8.43. The van der Waals surface area contributed by atoms with Gasteiger partial charge in [-0.2, -0.15) is 4.39 Å². The summed E-state index contributed by atoms with van der Waals surface area (Å²) in [6, 6.07) is 2.49. The van der Waals surface area contributed by atoms with E-state index in [1.54, 1.807) is 19.4 Å². The molecule has 5 heterocycles. The number of piperazine rings is 1. The van der Waals surface area contributed by atoms with E-state index in [0.717, 1.165) is 50.0 Å². The number of H-pyrrole nitrogens is 1. The number of carbonyl (C=O) groups excluding carboxylic acids is 1. The Balaban J connectivity index is 1.34. The van der Waals surface area contributed by atoms with E-state index in [1.165, 1.54) is 4.68 Å². The van der Waals surface area contributed by atoms with Gasteiger partial charge in [0.25, 0.3) is 0 Å². The Morgan fingerprint density at radius 2 is 1.97 bits per heavy atom. The number of aromatic amines is 1. The molecule has 0 spiro atoms. The largest absolute Gasteiger partial charge is 0.365 e. The molecule has 1 aliphatic carbocycles. The third-order valence-electron chi connectivity index (χ3n) is 6.41. The summed E-state index contributed by atoms with van der Waals surface area (Å²) in [5, 5.41) is 3.76. The van der Waals surface area contributed by atoms with Crippen molar-refractivity contribution in [3.63, 3.8) is 0 Å². The number of hydrogen-bond acceptors (Lipinski definition) is 5. The first-order valence-corrected chi connectivity index (χ1v) is 10.2. The van der Waals surface area contributed by atoms with E-state index >= 15 is 0 Å². The van der Waals surface area contributed by atoms with Crippen LogP contribution in [-0.4, -0.2) is 60.7 Å². The molecule has 1 N–H and O–H groups in total. The van der Waals surface area contributed by atoms with Crippen molar-refractivity contribution in [3.8, 4) is 11.4 Å². The van der Waals surface area contributed by atoms with Gasteiger partial charge >= 0.3 is 0 Å². The maximum absolute atomic E-state index is 14.1. The molecule has 3 aromatic heterocycles. The Morgan fingerprint density at radius 1 is 1.21 bits per heavy atom. The second kappa shape index (κ2) is 6.01. The Morgan fingerprint density at radius 3 is 2.62 bits per heavy atom. The van der Waals surface area contributed by atoms with Crippen LogP contribution in [-0.2, 0) is 11.8 Å². The van der Waals surface area contributed by atoms with Gasteiger partial charge in [-0.15, -0.1) is 5.10 Å². The summed E-state index contributed by atoms with van der Waals surface area (Å²) in [7, 11) is 1.68.